The predicted molar refractivity (Wildman–Crippen MR) is 174 cm³/mol. The van der Waals surface area contributed by atoms with Crippen LogP contribution < -0.4 is 27.0 Å². The smallest absolute Gasteiger partial charge is 0.315 e. The number of ketones is 1. The highest BCUT2D eigenvalue weighted by Crippen LogP contribution is 2.26. The van der Waals surface area contributed by atoms with Crippen molar-refractivity contribution in [3.63, 3.8) is 0 Å². The number of rotatable bonds is 10. The molecule has 0 spiro atoms. The second-order valence-electron chi connectivity index (χ2n) is 14.4. The van der Waals surface area contributed by atoms with Crippen molar-refractivity contribution >= 4 is 47.6 Å². The van der Waals surface area contributed by atoms with Crippen LogP contribution in [0, 0.1) is 10.8 Å². The summed E-state index contributed by atoms with van der Waals surface area (Å²) in [6, 6.07) is -2.12. The Kier molecular flexibility index (Phi) is 17.7. The van der Waals surface area contributed by atoms with Gasteiger partial charge in [0.05, 0.1) is 0 Å². The summed E-state index contributed by atoms with van der Waals surface area (Å²) >= 11 is 5.00. The van der Waals surface area contributed by atoms with Gasteiger partial charge in [-0.2, -0.15) is 0 Å². The molecule has 6 N–H and O–H groups in total. The Morgan fingerprint density at radius 2 is 1.51 bits per heavy atom. The molecule has 0 aromatic carbocycles. The standard InChI is InChI=1S/C24H42N6O5.C5H10O2.C2H5Cl/c1-23(2,3)13-26-22(35)28-17(24(4,5)6)21(34)30-12-8-11-15(30)20(33)29-19(16(31)18(25)32)27-14-9-7-10-14;1-5(2,3)7-4-6;1-2-3/h14-15,17,19,27H,7-13H2,1-6H3,(H2,25,32)(H,29,33)(H2,26,28,35);4H,1-3H3;2H2,1H3. The predicted octanol–water partition coefficient (Wildman–Crippen LogP) is 2.58. The Balaban J connectivity index is 0.00000167. The van der Waals surface area contributed by atoms with Gasteiger partial charge in [-0.05, 0) is 57.3 Å². The summed E-state index contributed by atoms with van der Waals surface area (Å²) in [7, 11) is 0. The van der Waals surface area contributed by atoms with Crippen molar-refractivity contribution in [2.24, 2.45) is 16.6 Å². The molecular formula is C31H57ClN6O7. The van der Waals surface area contributed by atoms with Gasteiger partial charge in [-0.25, -0.2) is 4.79 Å². The summed E-state index contributed by atoms with van der Waals surface area (Å²) in [5.74, 6) is -2.25. The van der Waals surface area contributed by atoms with Crippen LogP contribution in [0.2, 0.25) is 0 Å². The van der Waals surface area contributed by atoms with Gasteiger partial charge < -0.3 is 31.3 Å². The fraction of sp³-hybridized carbons (Fsp3) is 0.806. The van der Waals surface area contributed by atoms with E-state index in [0.717, 1.165) is 25.1 Å². The first-order chi connectivity index (χ1) is 20.6. The number of likely N-dealkylation sites (tertiary alicyclic amines) is 1. The van der Waals surface area contributed by atoms with Crippen LogP contribution in [0.5, 0.6) is 0 Å². The van der Waals surface area contributed by atoms with E-state index < -0.39 is 47.3 Å². The van der Waals surface area contributed by atoms with E-state index in [9.17, 15) is 28.8 Å². The quantitative estimate of drug-likeness (QED) is 0.102. The molecule has 13 nitrogen and oxygen atoms in total. The maximum absolute atomic E-state index is 13.6. The van der Waals surface area contributed by atoms with Gasteiger partial charge in [0.25, 0.3) is 18.2 Å². The van der Waals surface area contributed by atoms with E-state index in [1.807, 2.05) is 69.2 Å². The van der Waals surface area contributed by atoms with Crippen molar-refractivity contribution in [2.45, 2.75) is 131 Å². The summed E-state index contributed by atoms with van der Waals surface area (Å²) in [4.78, 5) is 74.1. The third-order valence-electron chi connectivity index (χ3n) is 6.71. The molecule has 3 unspecified atom stereocenters. The monoisotopic (exact) mass is 660 g/mol. The molecule has 1 saturated heterocycles. The van der Waals surface area contributed by atoms with Crippen LogP contribution in [0.15, 0.2) is 0 Å². The fourth-order valence-corrected chi connectivity index (χ4v) is 4.16. The molecule has 1 saturated carbocycles. The van der Waals surface area contributed by atoms with Crippen molar-refractivity contribution in [3.8, 4) is 0 Å². The number of halogens is 1. The molecule has 14 heteroatoms. The number of carbonyl (C=O) groups is 6. The Labute approximate surface area is 273 Å². The highest BCUT2D eigenvalue weighted by Gasteiger charge is 2.43. The van der Waals surface area contributed by atoms with Gasteiger partial charge in [-0.3, -0.25) is 29.3 Å². The van der Waals surface area contributed by atoms with Crippen molar-refractivity contribution in [2.75, 3.05) is 19.0 Å². The van der Waals surface area contributed by atoms with Gasteiger partial charge in [-0.1, -0.05) is 54.9 Å². The largest absolute Gasteiger partial charge is 0.462 e. The molecule has 2 rings (SSSR count). The fourth-order valence-electron chi connectivity index (χ4n) is 4.16. The lowest BCUT2D eigenvalue weighted by atomic mass is 9.85. The molecule has 45 heavy (non-hydrogen) atoms. The molecule has 0 aromatic rings. The third-order valence-corrected chi connectivity index (χ3v) is 6.71. The molecule has 5 amide bonds. The lowest BCUT2D eigenvalue weighted by Gasteiger charge is -2.36. The summed E-state index contributed by atoms with van der Waals surface area (Å²) in [6.07, 6.45) is 2.44. The molecule has 0 bridgehead atoms. The summed E-state index contributed by atoms with van der Waals surface area (Å²) in [5.41, 5.74) is 4.12. The minimum atomic E-state index is -1.23. The Morgan fingerprint density at radius 1 is 0.956 bits per heavy atom. The average molecular weight is 661 g/mol. The molecule has 2 fully saturated rings. The van der Waals surface area contributed by atoms with E-state index in [-0.39, 0.29) is 23.0 Å². The third kappa shape index (κ3) is 16.8. The molecule has 3 atom stereocenters. The van der Waals surface area contributed by atoms with Crippen LogP contribution in [0.1, 0.15) is 101 Å². The number of nitrogens with two attached hydrogens (primary N) is 1. The van der Waals surface area contributed by atoms with Crippen molar-refractivity contribution in [1.29, 1.82) is 0 Å². The average Bonchev–Trinajstić information content (AvgIpc) is 3.36. The van der Waals surface area contributed by atoms with Crippen molar-refractivity contribution < 1.29 is 33.5 Å². The zero-order valence-electron chi connectivity index (χ0n) is 28.8. The van der Waals surface area contributed by atoms with Crippen LogP contribution in [0.3, 0.4) is 0 Å². The van der Waals surface area contributed by atoms with E-state index in [0.29, 0.717) is 32.4 Å². The number of nitrogens with one attached hydrogen (secondary N) is 4. The maximum Gasteiger partial charge on any atom is 0.315 e. The van der Waals surface area contributed by atoms with Gasteiger partial charge in [0.2, 0.25) is 11.8 Å². The van der Waals surface area contributed by atoms with Gasteiger partial charge in [0, 0.05) is 25.0 Å². The van der Waals surface area contributed by atoms with Gasteiger partial charge in [0.15, 0.2) is 0 Å². The van der Waals surface area contributed by atoms with E-state index in [1.54, 1.807) is 0 Å². The highest BCUT2D eigenvalue weighted by molar-refractivity contribution is 6.37. The van der Waals surface area contributed by atoms with E-state index in [1.165, 1.54) is 4.90 Å². The number of hydrogen-bond donors (Lipinski definition) is 5. The van der Waals surface area contributed by atoms with Crippen molar-refractivity contribution in [1.82, 2.24) is 26.2 Å². The number of urea groups is 1. The molecule has 2 aliphatic rings. The highest BCUT2D eigenvalue weighted by atomic mass is 35.5. The number of nitrogens with zero attached hydrogens (tertiary/aromatic N) is 1. The lowest BCUT2D eigenvalue weighted by Crippen LogP contribution is -2.62. The molecule has 0 aromatic heterocycles. The summed E-state index contributed by atoms with van der Waals surface area (Å²) < 4.78 is 4.55. The number of primary amides is 1. The van der Waals surface area contributed by atoms with Crippen LogP contribution in [0.25, 0.3) is 0 Å². The minimum absolute atomic E-state index is 0.0194. The zero-order valence-corrected chi connectivity index (χ0v) is 29.6. The summed E-state index contributed by atoms with van der Waals surface area (Å²) in [5, 5.41) is 11.1. The lowest BCUT2D eigenvalue weighted by molar-refractivity contribution is -0.143. The van der Waals surface area contributed by atoms with E-state index in [4.69, 9.17) is 17.3 Å². The second-order valence-corrected chi connectivity index (χ2v) is 15.0. The van der Waals surface area contributed by atoms with Gasteiger partial charge in [-0.15, -0.1) is 11.6 Å². The molecule has 0 radical (unpaired) electrons. The number of hydrogen-bond acceptors (Lipinski definition) is 8. The number of carbonyl (C=O) groups excluding carboxylic acids is 6. The Bertz CT molecular complexity index is 1000. The van der Waals surface area contributed by atoms with Crippen LogP contribution in [-0.2, 0) is 28.7 Å². The molecule has 1 aliphatic heterocycles. The first kappa shape index (κ1) is 42.1. The van der Waals surface area contributed by atoms with Crippen LogP contribution in [0.4, 0.5) is 4.79 Å². The van der Waals surface area contributed by atoms with E-state index >= 15 is 0 Å². The summed E-state index contributed by atoms with van der Waals surface area (Å²) in [6.45, 7) is 20.1. The van der Waals surface area contributed by atoms with E-state index in [2.05, 4.69) is 26.0 Å². The zero-order chi connectivity index (χ0) is 35.2. The number of alkyl halides is 1. The number of Topliss-reactive ketones (excluding diaryl/α,β-unsaturated/α-hetero) is 1. The van der Waals surface area contributed by atoms with Crippen LogP contribution in [-0.4, -0.2) is 89.8 Å². The normalized spacial score (nSPS) is 17.9. The number of amides is 5. The molecule has 260 valence electrons. The Morgan fingerprint density at radius 3 is 1.89 bits per heavy atom. The van der Waals surface area contributed by atoms with Gasteiger partial charge >= 0.3 is 6.03 Å². The SMILES string of the molecule is CC(C)(C)CNC(=O)NC(C(=O)N1CCCC1C(=O)NC(NC1CCC1)C(=O)C(N)=O)C(C)(C)C.CC(C)(C)OC=O.CCCl. The first-order valence-corrected chi connectivity index (χ1v) is 16.0. The number of ether oxygens (including phenoxy) is 1. The Hall–Kier alpha value is -2.93. The molecular weight excluding hydrogens is 604 g/mol. The second kappa shape index (κ2) is 18.9. The van der Waals surface area contributed by atoms with Gasteiger partial charge in [0.1, 0.15) is 23.9 Å². The first-order valence-electron chi connectivity index (χ1n) is 15.5. The van der Waals surface area contributed by atoms with Crippen LogP contribution >= 0.6 is 11.6 Å². The molecule has 1 heterocycles. The molecule has 1 aliphatic carbocycles. The topological polar surface area (TPSA) is 189 Å². The minimum Gasteiger partial charge on any atom is -0.462 e. The maximum atomic E-state index is 13.6. The van der Waals surface area contributed by atoms with Crippen molar-refractivity contribution in [3.05, 3.63) is 0 Å².